The molecule has 194 valence electrons. The number of aromatic nitrogens is 3. The highest BCUT2D eigenvalue weighted by atomic mass is 19.4. The molecule has 1 aliphatic rings. The van der Waals surface area contributed by atoms with Crippen molar-refractivity contribution in [3.05, 3.63) is 91.0 Å². The van der Waals surface area contributed by atoms with Crippen molar-refractivity contribution < 1.29 is 22.7 Å². The minimum atomic E-state index is -4.47. The molecule has 0 aliphatic heterocycles. The van der Waals surface area contributed by atoms with Gasteiger partial charge in [0, 0.05) is 29.9 Å². The van der Waals surface area contributed by atoms with Gasteiger partial charge in [-0.3, -0.25) is 4.79 Å². The highest BCUT2D eigenvalue weighted by Crippen LogP contribution is 2.39. The molecule has 2 heterocycles. The van der Waals surface area contributed by atoms with Gasteiger partial charge in [0.1, 0.15) is 12.1 Å². The summed E-state index contributed by atoms with van der Waals surface area (Å²) in [5.74, 6) is 0.288. The molecule has 9 heteroatoms. The third kappa shape index (κ3) is 5.66. The molecule has 2 aromatic carbocycles. The van der Waals surface area contributed by atoms with Crippen LogP contribution in [-0.4, -0.2) is 26.9 Å². The van der Waals surface area contributed by atoms with Crippen molar-refractivity contribution in [1.82, 2.24) is 20.3 Å². The van der Waals surface area contributed by atoms with Crippen molar-refractivity contribution in [3.8, 4) is 22.8 Å². The van der Waals surface area contributed by atoms with Crippen LogP contribution in [0.25, 0.3) is 22.0 Å². The molecule has 2 aromatic heterocycles. The minimum Gasteiger partial charge on any atom is -0.439 e. The van der Waals surface area contributed by atoms with Gasteiger partial charge in [-0.1, -0.05) is 25.1 Å². The Kier molecular flexibility index (Phi) is 7.09. The van der Waals surface area contributed by atoms with Crippen LogP contribution in [0.2, 0.25) is 0 Å². The molecular formula is C29H25F3N4O2. The molecule has 2 atom stereocenters. The van der Waals surface area contributed by atoms with Crippen LogP contribution in [0.5, 0.6) is 11.6 Å². The number of halogens is 3. The first-order chi connectivity index (χ1) is 18.3. The van der Waals surface area contributed by atoms with E-state index >= 15 is 0 Å². The lowest BCUT2D eigenvalue weighted by atomic mass is 9.79. The predicted molar refractivity (Wildman–Crippen MR) is 138 cm³/mol. The summed E-state index contributed by atoms with van der Waals surface area (Å²) in [6.07, 6.45) is 4.92. The van der Waals surface area contributed by atoms with Gasteiger partial charge in [0.15, 0.2) is 0 Å². The molecule has 38 heavy (non-hydrogen) atoms. The molecule has 4 aromatic rings. The Bertz CT molecular complexity index is 1470. The quantitative estimate of drug-likeness (QED) is 0.283. The average Bonchev–Trinajstić information content (AvgIpc) is 2.92. The summed E-state index contributed by atoms with van der Waals surface area (Å²) in [7, 11) is 0. The number of rotatable bonds is 6. The highest BCUT2D eigenvalue weighted by molar-refractivity contribution is 5.88. The number of fused-ring (bicyclic) bond motifs is 1. The van der Waals surface area contributed by atoms with E-state index in [0.29, 0.717) is 5.75 Å². The number of benzene rings is 2. The number of ether oxygens (including phenoxy) is 1. The SMILES string of the molecule is C=CC(=O)NC1CCCC(c2cc(-c3ccc(Oc4cc(C(F)(F)F)ccn4)cc3)cc3cncnc23)C1. The number of carbonyl (C=O) groups excluding carboxylic acids is 1. The van der Waals surface area contributed by atoms with E-state index < -0.39 is 11.7 Å². The molecule has 0 radical (unpaired) electrons. The van der Waals surface area contributed by atoms with Gasteiger partial charge in [0.05, 0.1) is 11.1 Å². The summed E-state index contributed by atoms with van der Waals surface area (Å²) >= 11 is 0. The predicted octanol–water partition coefficient (Wildman–Crippen LogP) is 6.83. The van der Waals surface area contributed by atoms with Crippen molar-refractivity contribution in [3.63, 3.8) is 0 Å². The lowest BCUT2D eigenvalue weighted by molar-refractivity contribution is -0.137. The Balaban J connectivity index is 1.42. The Morgan fingerprint density at radius 1 is 1.05 bits per heavy atom. The molecule has 1 saturated carbocycles. The van der Waals surface area contributed by atoms with Crippen LogP contribution >= 0.6 is 0 Å². The first-order valence-corrected chi connectivity index (χ1v) is 12.3. The molecule has 1 N–H and O–H groups in total. The third-order valence-corrected chi connectivity index (χ3v) is 6.75. The highest BCUT2D eigenvalue weighted by Gasteiger charge is 2.31. The number of pyridine rings is 1. The maximum Gasteiger partial charge on any atom is 0.416 e. The van der Waals surface area contributed by atoms with Gasteiger partial charge in [-0.2, -0.15) is 13.2 Å². The van der Waals surface area contributed by atoms with Crippen LogP contribution in [-0.2, 0) is 11.0 Å². The fraction of sp³-hybridized carbons (Fsp3) is 0.241. The Morgan fingerprint density at radius 2 is 1.87 bits per heavy atom. The molecule has 0 spiro atoms. The van der Waals surface area contributed by atoms with Gasteiger partial charge in [-0.05, 0) is 78.3 Å². The van der Waals surface area contributed by atoms with Crippen LogP contribution in [0, 0.1) is 0 Å². The van der Waals surface area contributed by atoms with E-state index in [1.54, 1.807) is 24.7 Å². The van der Waals surface area contributed by atoms with E-state index in [2.05, 4.69) is 32.9 Å². The summed E-state index contributed by atoms with van der Waals surface area (Å²) in [6, 6.07) is 13.1. The van der Waals surface area contributed by atoms with Gasteiger partial charge in [-0.25, -0.2) is 15.0 Å². The number of alkyl halides is 3. The Hall–Kier alpha value is -4.27. The van der Waals surface area contributed by atoms with Crippen LogP contribution in [0.4, 0.5) is 13.2 Å². The number of carbonyl (C=O) groups is 1. The van der Waals surface area contributed by atoms with Crippen LogP contribution < -0.4 is 10.1 Å². The van der Waals surface area contributed by atoms with Gasteiger partial charge in [0.2, 0.25) is 11.8 Å². The molecule has 0 saturated heterocycles. The van der Waals surface area contributed by atoms with Crippen molar-refractivity contribution in [1.29, 1.82) is 0 Å². The third-order valence-electron chi connectivity index (χ3n) is 6.75. The second-order valence-corrected chi connectivity index (χ2v) is 9.31. The van der Waals surface area contributed by atoms with E-state index in [1.165, 1.54) is 6.08 Å². The molecule has 2 unspecified atom stereocenters. The number of hydrogen-bond acceptors (Lipinski definition) is 5. The minimum absolute atomic E-state index is 0.0701. The number of hydrogen-bond donors (Lipinski definition) is 1. The van der Waals surface area contributed by atoms with E-state index in [1.807, 2.05) is 18.2 Å². The summed E-state index contributed by atoms with van der Waals surface area (Å²) < 4.78 is 44.6. The van der Waals surface area contributed by atoms with E-state index in [9.17, 15) is 18.0 Å². The summed E-state index contributed by atoms with van der Waals surface area (Å²) in [5.41, 5.74) is 3.04. The topological polar surface area (TPSA) is 77.0 Å². The lowest BCUT2D eigenvalue weighted by Gasteiger charge is -2.30. The largest absolute Gasteiger partial charge is 0.439 e. The fourth-order valence-corrected chi connectivity index (χ4v) is 4.95. The van der Waals surface area contributed by atoms with E-state index in [-0.39, 0.29) is 23.7 Å². The van der Waals surface area contributed by atoms with Crippen molar-refractivity contribution in [2.45, 2.75) is 43.8 Å². The second kappa shape index (κ2) is 10.6. The zero-order valence-electron chi connectivity index (χ0n) is 20.4. The molecule has 6 nitrogen and oxygen atoms in total. The van der Waals surface area contributed by atoms with Crippen LogP contribution in [0.3, 0.4) is 0 Å². The zero-order valence-corrected chi connectivity index (χ0v) is 20.4. The molecular weight excluding hydrogens is 493 g/mol. The fourth-order valence-electron chi connectivity index (χ4n) is 4.95. The average molecular weight is 519 g/mol. The van der Waals surface area contributed by atoms with Gasteiger partial charge < -0.3 is 10.1 Å². The van der Waals surface area contributed by atoms with E-state index in [4.69, 9.17) is 4.74 Å². The number of nitrogens with zero attached hydrogens (tertiary/aromatic N) is 3. The van der Waals surface area contributed by atoms with E-state index in [0.717, 1.165) is 71.6 Å². The van der Waals surface area contributed by atoms with Crippen LogP contribution in [0.1, 0.15) is 42.7 Å². The van der Waals surface area contributed by atoms with Crippen molar-refractivity contribution in [2.24, 2.45) is 0 Å². The molecule has 1 fully saturated rings. The molecule has 1 aliphatic carbocycles. The number of nitrogens with one attached hydrogen (secondary N) is 1. The first-order valence-electron chi connectivity index (χ1n) is 12.3. The van der Waals surface area contributed by atoms with Gasteiger partial charge >= 0.3 is 6.18 Å². The molecule has 0 bridgehead atoms. The second-order valence-electron chi connectivity index (χ2n) is 9.31. The monoisotopic (exact) mass is 518 g/mol. The summed E-state index contributed by atoms with van der Waals surface area (Å²) in [5, 5.41) is 3.94. The zero-order chi connectivity index (χ0) is 26.7. The standard InChI is InChI=1S/C29H25F3N4O2/c1-2-26(37)36-23-5-3-4-19(13-23)25-14-20(12-21-16-33-17-35-28(21)25)18-6-8-24(9-7-18)38-27-15-22(10-11-34-27)29(30,31)32/h2,6-12,14-17,19,23H,1,3-5,13H2,(H,36,37). The van der Waals surface area contributed by atoms with Crippen LogP contribution in [0.15, 0.2) is 79.9 Å². The van der Waals surface area contributed by atoms with Crippen molar-refractivity contribution >= 4 is 16.8 Å². The molecule has 1 amide bonds. The Labute approximate surface area is 217 Å². The smallest absolute Gasteiger partial charge is 0.416 e. The normalized spacial score (nSPS) is 17.7. The molecule has 5 rings (SSSR count). The van der Waals surface area contributed by atoms with Gasteiger partial charge in [0.25, 0.3) is 0 Å². The van der Waals surface area contributed by atoms with Gasteiger partial charge in [-0.15, -0.1) is 0 Å². The maximum absolute atomic E-state index is 13.0. The number of amides is 1. The summed E-state index contributed by atoms with van der Waals surface area (Å²) in [4.78, 5) is 24.5. The Morgan fingerprint density at radius 3 is 2.63 bits per heavy atom. The lowest BCUT2D eigenvalue weighted by Crippen LogP contribution is -2.37. The van der Waals surface area contributed by atoms with Crippen molar-refractivity contribution in [2.75, 3.05) is 0 Å². The summed E-state index contributed by atoms with van der Waals surface area (Å²) in [6.45, 7) is 3.55. The first kappa shape index (κ1) is 25.4. The maximum atomic E-state index is 13.0.